The number of hydrogen-bond acceptors (Lipinski definition) is 4. The minimum Gasteiger partial charge on any atom is -0.492 e. The highest BCUT2D eigenvalue weighted by molar-refractivity contribution is 6.05. The Morgan fingerprint density at radius 3 is 2.57 bits per heavy atom. The highest BCUT2D eigenvalue weighted by Gasteiger charge is 2.20. The van der Waals surface area contributed by atoms with E-state index in [9.17, 15) is 4.79 Å². The molecule has 1 amide bonds. The number of fused-ring (bicyclic) bond motifs is 1. The van der Waals surface area contributed by atoms with Crippen molar-refractivity contribution in [2.24, 2.45) is 5.92 Å². The van der Waals surface area contributed by atoms with Gasteiger partial charge in [0, 0.05) is 35.9 Å². The Kier molecular flexibility index (Phi) is 7.81. The zero-order chi connectivity index (χ0) is 25.6. The molecule has 2 heterocycles. The first-order chi connectivity index (χ1) is 18.1. The Morgan fingerprint density at radius 1 is 0.973 bits per heavy atom. The van der Waals surface area contributed by atoms with Crippen LogP contribution < -0.4 is 9.64 Å². The third-order valence-corrected chi connectivity index (χ3v) is 7.35. The van der Waals surface area contributed by atoms with Gasteiger partial charge in [0.1, 0.15) is 12.4 Å². The average Bonchev–Trinajstić information content (AvgIpc) is 2.94. The van der Waals surface area contributed by atoms with E-state index in [1.165, 1.54) is 18.4 Å². The number of amides is 1. The number of rotatable bonds is 8. The van der Waals surface area contributed by atoms with Crippen LogP contribution in [-0.2, 0) is 6.42 Å². The normalized spacial score (nSPS) is 14.5. The Morgan fingerprint density at radius 2 is 1.76 bits per heavy atom. The number of aromatic nitrogens is 1. The number of para-hydroxylation sites is 1. The summed E-state index contributed by atoms with van der Waals surface area (Å²) in [6.45, 7) is 5.78. The lowest BCUT2D eigenvalue weighted by Crippen LogP contribution is -2.37. The van der Waals surface area contributed by atoms with E-state index in [0.29, 0.717) is 12.5 Å². The van der Waals surface area contributed by atoms with Crippen LogP contribution in [0.5, 0.6) is 5.75 Å². The molecule has 0 atom stereocenters. The van der Waals surface area contributed by atoms with Gasteiger partial charge in [-0.15, -0.1) is 0 Å². The Hall–Kier alpha value is -3.70. The summed E-state index contributed by atoms with van der Waals surface area (Å²) in [7, 11) is 1.84. The van der Waals surface area contributed by atoms with Gasteiger partial charge in [-0.3, -0.25) is 14.7 Å². The van der Waals surface area contributed by atoms with Crippen LogP contribution in [0.2, 0.25) is 0 Å². The molecule has 1 aliphatic heterocycles. The van der Waals surface area contributed by atoms with Crippen LogP contribution in [0.25, 0.3) is 10.9 Å². The van der Waals surface area contributed by atoms with E-state index in [1.807, 2.05) is 80.7 Å². The van der Waals surface area contributed by atoms with Crippen LogP contribution in [0.4, 0.5) is 5.69 Å². The molecule has 0 saturated carbocycles. The molecule has 5 nitrogen and oxygen atoms in total. The fourth-order valence-electron chi connectivity index (χ4n) is 5.18. The number of hydrogen-bond donors (Lipinski definition) is 0. The molecule has 190 valence electrons. The maximum atomic E-state index is 13.0. The van der Waals surface area contributed by atoms with Crippen molar-refractivity contribution in [2.45, 2.75) is 26.2 Å². The minimum absolute atomic E-state index is 0.0278. The molecular formula is C32H35N3O2. The van der Waals surface area contributed by atoms with Crippen molar-refractivity contribution in [1.82, 2.24) is 9.88 Å². The largest absolute Gasteiger partial charge is 0.492 e. The third kappa shape index (κ3) is 6.17. The number of aryl methyl sites for hydroxylation is 1. The molecule has 1 saturated heterocycles. The van der Waals surface area contributed by atoms with Gasteiger partial charge >= 0.3 is 0 Å². The SMILES string of the molecule is Cc1ccc2c(OCCN3CCC(Cc4cccc(C(=O)N(C)c5ccccc5)c4)CC3)cccc2n1. The van der Waals surface area contributed by atoms with E-state index in [4.69, 9.17) is 4.74 Å². The second kappa shape index (κ2) is 11.6. The molecular weight excluding hydrogens is 458 g/mol. The van der Waals surface area contributed by atoms with Crippen LogP contribution in [0.1, 0.15) is 34.5 Å². The van der Waals surface area contributed by atoms with Crippen molar-refractivity contribution in [2.75, 3.05) is 38.2 Å². The number of likely N-dealkylation sites (tertiary alicyclic amines) is 1. The van der Waals surface area contributed by atoms with E-state index in [1.54, 1.807) is 4.90 Å². The van der Waals surface area contributed by atoms with E-state index in [2.05, 4.69) is 28.1 Å². The zero-order valence-electron chi connectivity index (χ0n) is 21.8. The van der Waals surface area contributed by atoms with Crippen LogP contribution in [0.15, 0.2) is 84.9 Å². The number of pyridine rings is 1. The molecule has 0 radical (unpaired) electrons. The van der Waals surface area contributed by atoms with Gasteiger partial charge in [0.05, 0.1) is 5.52 Å². The summed E-state index contributed by atoms with van der Waals surface area (Å²) in [6.07, 6.45) is 3.35. The highest BCUT2D eigenvalue weighted by atomic mass is 16.5. The first-order valence-corrected chi connectivity index (χ1v) is 13.2. The van der Waals surface area contributed by atoms with E-state index < -0.39 is 0 Å². The van der Waals surface area contributed by atoms with E-state index in [0.717, 1.165) is 59.7 Å². The number of anilines is 1. The number of piperidine rings is 1. The van der Waals surface area contributed by atoms with Gasteiger partial charge in [0.2, 0.25) is 0 Å². The summed E-state index contributed by atoms with van der Waals surface area (Å²) in [5.41, 5.74) is 4.90. The van der Waals surface area contributed by atoms with Crippen LogP contribution in [0, 0.1) is 12.8 Å². The fraction of sp³-hybridized carbons (Fsp3) is 0.312. The number of benzene rings is 3. The number of ether oxygens (including phenoxy) is 1. The highest BCUT2D eigenvalue weighted by Crippen LogP contribution is 2.26. The zero-order valence-corrected chi connectivity index (χ0v) is 21.8. The second-order valence-electron chi connectivity index (χ2n) is 10.0. The molecule has 3 aromatic carbocycles. The van der Waals surface area contributed by atoms with Crippen molar-refractivity contribution in [3.05, 3.63) is 102 Å². The van der Waals surface area contributed by atoms with Gasteiger partial charge in [0.25, 0.3) is 5.91 Å². The van der Waals surface area contributed by atoms with Gasteiger partial charge in [-0.1, -0.05) is 36.4 Å². The second-order valence-corrected chi connectivity index (χ2v) is 10.0. The van der Waals surface area contributed by atoms with Crippen molar-refractivity contribution in [3.63, 3.8) is 0 Å². The summed E-state index contributed by atoms with van der Waals surface area (Å²) in [5, 5.41) is 1.07. The third-order valence-electron chi connectivity index (χ3n) is 7.35. The monoisotopic (exact) mass is 493 g/mol. The van der Waals surface area contributed by atoms with E-state index in [-0.39, 0.29) is 5.91 Å². The number of nitrogens with zero attached hydrogens (tertiary/aromatic N) is 3. The van der Waals surface area contributed by atoms with Crippen LogP contribution in [-0.4, -0.2) is 49.1 Å². The topological polar surface area (TPSA) is 45.7 Å². The van der Waals surface area contributed by atoms with Gasteiger partial charge < -0.3 is 9.64 Å². The summed E-state index contributed by atoms with van der Waals surface area (Å²) in [5.74, 6) is 1.58. The Bertz CT molecular complexity index is 1350. The van der Waals surface area contributed by atoms with E-state index >= 15 is 0 Å². The first kappa shape index (κ1) is 25.0. The van der Waals surface area contributed by atoms with Crippen LogP contribution in [0.3, 0.4) is 0 Å². The first-order valence-electron chi connectivity index (χ1n) is 13.2. The van der Waals surface area contributed by atoms with Gasteiger partial charge in [-0.05, 0) is 99.3 Å². The number of carbonyl (C=O) groups excluding carboxylic acids is 1. The molecule has 5 heteroatoms. The molecule has 0 spiro atoms. The lowest BCUT2D eigenvalue weighted by Gasteiger charge is -2.32. The molecule has 0 N–H and O–H groups in total. The Labute approximate surface area is 219 Å². The predicted molar refractivity (Wildman–Crippen MR) is 150 cm³/mol. The standard InChI is InChI=1S/C32H35N3O2/c1-24-14-15-29-30(33-24)12-7-13-31(29)37-21-20-35-18-16-25(17-19-35)22-26-8-6-9-27(23-26)32(36)34(2)28-10-4-3-5-11-28/h3-15,23,25H,16-22H2,1-2H3. The fourth-order valence-corrected chi connectivity index (χ4v) is 5.18. The summed E-state index contributed by atoms with van der Waals surface area (Å²) >= 11 is 0. The van der Waals surface area contributed by atoms with Crippen LogP contribution >= 0.6 is 0 Å². The maximum absolute atomic E-state index is 13.0. The molecule has 1 aliphatic rings. The van der Waals surface area contributed by atoms with Gasteiger partial charge in [-0.25, -0.2) is 0 Å². The molecule has 1 fully saturated rings. The molecule has 0 unspecified atom stereocenters. The Balaban J connectivity index is 1.10. The van der Waals surface area contributed by atoms with Gasteiger partial charge in [-0.2, -0.15) is 0 Å². The minimum atomic E-state index is 0.0278. The van der Waals surface area contributed by atoms with Crippen molar-refractivity contribution < 1.29 is 9.53 Å². The summed E-state index contributed by atoms with van der Waals surface area (Å²) in [6, 6.07) is 28.2. The maximum Gasteiger partial charge on any atom is 0.258 e. The van der Waals surface area contributed by atoms with Crippen molar-refractivity contribution in [1.29, 1.82) is 0 Å². The average molecular weight is 494 g/mol. The van der Waals surface area contributed by atoms with Crippen molar-refractivity contribution >= 4 is 22.5 Å². The molecule has 4 aromatic rings. The lowest BCUT2D eigenvalue weighted by atomic mass is 9.89. The molecule has 0 bridgehead atoms. The number of carbonyl (C=O) groups is 1. The smallest absolute Gasteiger partial charge is 0.258 e. The summed E-state index contributed by atoms with van der Waals surface area (Å²) in [4.78, 5) is 21.8. The quantitative estimate of drug-likeness (QED) is 0.295. The van der Waals surface area contributed by atoms with Crippen molar-refractivity contribution in [3.8, 4) is 5.75 Å². The molecule has 0 aliphatic carbocycles. The molecule has 1 aromatic heterocycles. The van der Waals surface area contributed by atoms with Gasteiger partial charge in [0.15, 0.2) is 0 Å². The predicted octanol–water partition coefficient (Wildman–Crippen LogP) is 6.15. The lowest BCUT2D eigenvalue weighted by molar-refractivity contribution is 0.0993. The molecule has 5 rings (SSSR count). The summed E-state index contributed by atoms with van der Waals surface area (Å²) < 4.78 is 6.15. The molecule has 37 heavy (non-hydrogen) atoms.